The summed E-state index contributed by atoms with van der Waals surface area (Å²) in [5.41, 5.74) is -1.57. The van der Waals surface area contributed by atoms with Crippen LogP contribution in [0.5, 0.6) is 0 Å². The van der Waals surface area contributed by atoms with Crippen molar-refractivity contribution < 1.29 is 19.8 Å². The Morgan fingerprint density at radius 3 is 2.08 bits per heavy atom. The summed E-state index contributed by atoms with van der Waals surface area (Å²) in [6, 6.07) is 0. The molecule has 0 saturated heterocycles. The van der Waals surface area contributed by atoms with E-state index in [2.05, 4.69) is 0 Å². The van der Waals surface area contributed by atoms with Gasteiger partial charge in [0.1, 0.15) is 17.5 Å². The minimum absolute atomic E-state index is 0.233. The minimum Gasteiger partial charge on any atom is -0.385 e. The van der Waals surface area contributed by atoms with Gasteiger partial charge in [0.25, 0.3) is 0 Å². The molecule has 0 saturated carbocycles. The van der Waals surface area contributed by atoms with Crippen molar-refractivity contribution in [2.24, 2.45) is 0 Å². The molecule has 0 aliphatic carbocycles. The number of carbonyl (C=O) groups excluding carboxylic acids is 2. The van der Waals surface area contributed by atoms with Crippen molar-refractivity contribution in [1.82, 2.24) is 0 Å². The highest BCUT2D eigenvalue weighted by atomic mass is 16.3. The average Bonchev–Trinajstić information content (AvgIpc) is 1.82. The van der Waals surface area contributed by atoms with Gasteiger partial charge in [-0.2, -0.15) is 0 Å². The summed E-state index contributed by atoms with van der Waals surface area (Å²) < 4.78 is 0. The smallest absolute Gasteiger partial charge is 0.192 e. The van der Waals surface area contributed by atoms with E-state index in [0.29, 0.717) is 0 Å². The van der Waals surface area contributed by atoms with Crippen LogP contribution in [0.25, 0.3) is 0 Å². The largest absolute Gasteiger partial charge is 0.385 e. The molecule has 4 nitrogen and oxygen atoms in total. The second-order valence-corrected chi connectivity index (χ2v) is 3.35. The number of ketones is 2. The van der Waals surface area contributed by atoms with E-state index < -0.39 is 17.5 Å². The van der Waals surface area contributed by atoms with E-state index in [0.717, 1.165) is 0 Å². The maximum absolute atomic E-state index is 11.0. The maximum Gasteiger partial charge on any atom is 0.192 e. The third-order valence-electron chi connectivity index (χ3n) is 1.39. The molecule has 0 aromatic rings. The van der Waals surface area contributed by atoms with Crippen molar-refractivity contribution in [3.8, 4) is 0 Å². The van der Waals surface area contributed by atoms with Gasteiger partial charge in [-0.05, 0) is 20.8 Å². The first kappa shape index (κ1) is 11.3. The second kappa shape index (κ2) is 3.78. The lowest BCUT2D eigenvalue weighted by Crippen LogP contribution is -2.40. The second-order valence-electron chi connectivity index (χ2n) is 3.35. The molecule has 0 bridgehead atoms. The first-order chi connectivity index (χ1) is 5.25. The fourth-order valence-corrected chi connectivity index (χ4v) is 0.773. The molecule has 70 valence electrons. The Kier molecular flexibility index (Phi) is 3.55. The quantitative estimate of drug-likeness (QED) is 0.611. The van der Waals surface area contributed by atoms with Crippen molar-refractivity contribution in [3.05, 3.63) is 0 Å². The predicted molar refractivity (Wildman–Crippen MR) is 42.6 cm³/mol. The molecule has 12 heavy (non-hydrogen) atoms. The third-order valence-corrected chi connectivity index (χ3v) is 1.39. The zero-order valence-corrected chi connectivity index (χ0v) is 7.50. The summed E-state index contributed by atoms with van der Waals surface area (Å²) in [5.74, 6) is -1.00. The van der Waals surface area contributed by atoms with Gasteiger partial charge in [0, 0.05) is 6.42 Å². The summed E-state index contributed by atoms with van der Waals surface area (Å²) >= 11 is 0. The number of hydrogen-bond acceptors (Lipinski definition) is 4. The number of aliphatic hydroxyl groups is 2. The van der Waals surface area contributed by atoms with Crippen LogP contribution in [-0.2, 0) is 9.59 Å². The van der Waals surface area contributed by atoms with Crippen LogP contribution >= 0.6 is 0 Å². The molecule has 0 spiro atoms. The fourth-order valence-electron chi connectivity index (χ4n) is 0.773. The molecule has 0 rings (SSSR count). The Bertz CT molecular complexity index is 190. The van der Waals surface area contributed by atoms with Gasteiger partial charge in [-0.3, -0.25) is 9.59 Å². The Hall–Kier alpha value is -0.740. The van der Waals surface area contributed by atoms with Gasteiger partial charge in [0.15, 0.2) is 5.78 Å². The van der Waals surface area contributed by atoms with Crippen molar-refractivity contribution >= 4 is 11.6 Å². The Balaban J connectivity index is 4.21. The number of rotatable bonds is 4. The number of carbonyl (C=O) groups is 2. The van der Waals surface area contributed by atoms with E-state index in [1.807, 2.05) is 0 Å². The highest BCUT2D eigenvalue weighted by molar-refractivity contribution is 5.93. The Morgan fingerprint density at radius 2 is 1.83 bits per heavy atom. The van der Waals surface area contributed by atoms with E-state index in [1.165, 1.54) is 20.8 Å². The highest BCUT2D eigenvalue weighted by Gasteiger charge is 2.30. The summed E-state index contributed by atoms with van der Waals surface area (Å²) in [7, 11) is 0. The maximum atomic E-state index is 11.0. The van der Waals surface area contributed by atoms with Crippen molar-refractivity contribution in [3.63, 3.8) is 0 Å². The van der Waals surface area contributed by atoms with Crippen LogP contribution in [0.4, 0.5) is 0 Å². The molecular formula is C8H14O4. The normalized spacial score (nSPS) is 14.1. The molecule has 0 aliphatic heterocycles. The Morgan fingerprint density at radius 1 is 1.42 bits per heavy atom. The van der Waals surface area contributed by atoms with Gasteiger partial charge in [-0.25, -0.2) is 0 Å². The van der Waals surface area contributed by atoms with Crippen LogP contribution in [0.3, 0.4) is 0 Å². The van der Waals surface area contributed by atoms with E-state index in [4.69, 9.17) is 10.2 Å². The van der Waals surface area contributed by atoms with Crippen LogP contribution in [0, 0.1) is 0 Å². The molecular weight excluding hydrogens is 160 g/mol. The highest BCUT2D eigenvalue weighted by Crippen LogP contribution is 2.08. The van der Waals surface area contributed by atoms with Gasteiger partial charge < -0.3 is 10.2 Å². The summed E-state index contributed by atoms with van der Waals surface area (Å²) in [4.78, 5) is 21.5. The monoisotopic (exact) mass is 174 g/mol. The average molecular weight is 174 g/mol. The van der Waals surface area contributed by atoms with Crippen molar-refractivity contribution in [2.75, 3.05) is 0 Å². The molecule has 2 N–H and O–H groups in total. The standard InChI is InChI=1S/C8H14O4/c1-5(9)4-6(10)7(11)8(2,3)12/h6,10,12H,4H2,1-3H3. The van der Waals surface area contributed by atoms with Crippen LogP contribution < -0.4 is 0 Å². The number of hydrogen-bond donors (Lipinski definition) is 2. The number of Topliss-reactive ketones (excluding diaryl/α,β-unsaturated/α-hetero) is 2. The molecule has 0 heterocycles. The van der Waals surface area contributed by atoms with Gasteiger partial charge in [-0.1, -0.05) is 0 Å². The molecule has 0 aromatic heterocycles. The topological polar surface area (TPSA) is 74.6 Å². The van der Waals surface area contributed by atoms with Crippen molar-refractivity contribution in [1.29, 1.82) is 0 Å². The third kappa shape index (κ3) is 3.59. The van der Waals surface area contributed by atoms with Crippen LogP contribution in [0.15, 0.2) is 0 Å². The molecule has 0 amide bonds. The lowest BCUT2D eigenvalue weighted by molar-refractivity contribution is -0.144. The van der Waals surface area contributed by atoms with Crippen LogP contribution in [-0.4, -0.2) is 33.5 Å². The van der Waals surface area contributed by atoms with Gasteiger partial charge >= 0.3 is 0 Å². The molecule has 0 aliphatic rings. The zero-order valence-electron chi connectivity index (χ0n) is 7.50. The van der Waals surface area contributed by atoms with E-state index in [9.17, 15) is 9.59 Å². The summed E-state index contributed by atoms with van der Waals surface area (Å²) in [5, 5.41) is 18.2. The van der Waals surface area contributed by atoms with E-state index in [-0.39, 0.29) is 12.2 Å². The van der Waals surface area contributed by atoms with Crippen molar-refractivity contribution in [2.45, 2.75) is 38.9 Å². The predicted octanol–water partition coefficient (Wildman–Crippen LogP) is -0.334. The fraction of sp³-hybridized carbons (Fsp3) is 0.750. The molecule has 0 radical (unpaired) electrons. The summed E-state index contributed by atoms with van der Waals surface area (Å²) in [6.07, 6.45) is -1.62. The van der Waals surface area contributed by atoms with Crippen LogP contribution in [0.1, 0.15) is 27.2 Å². The number of aliphatic hydroxyl groups excluding tert-OH is 1. The first-order valence-electron chi connectivity index (χ1n) is 3.69. The summed E-state index contributed by atoms with van der Waals surface area (Å²) in [6.45, 7) is 3.83. The zero-order chi connectivity index (χ0) is 9.94. The lowest BCUT2D eigenvalue weighted by Gasteiger charge is -2.18. The molecule has 4 heteroatoms. The van der Waals surface area contributed by atoms with E-state index in [1.54, 1.807) is 0 Å². The Labute approximate surface area is 71.2 Å². The molecule has 1 atom stereocenters. The first-order valence-corrected chi connectivity index (χ1v) is 3.69. The lowest BCUT2D eigenvalue weighted by atomic mass is 9.96. The molecule has 1 unspecified atom stereocenters. The van der Waals surface area contributed by atoms with Crippen LogP contribution in [0.2, 0.25) is 0 Å². The minimum atomic E-state index is -1.57. The molecule has 0 fully saturated rings. The SMILES string of the molecule is CC(=O)CC(O)C(=O)C(C)(C)O. The van der Waals surface area contributed by atoms with Gasteiger partial charge in [-0.15, -0.1) is 0 Å². The van der Waals surface area contributed by atoms with Gasteiger partial charge in [0.2, 0.25) is 0 Å². The van der Waals surface area contributed by atoms with E-state index >= 15 is 0 Å². The van der Waals surface area contributed by atoms with Gasteiger partial charge in [0.05, 0.1) is 0 Å². The molecule has 0 aromatic carbocycles.